The highest BCUT2D eigenvalue weighted by Gasteiger charge is 2.69. The predicted octanol–water partition coefficient (Wildman–Crippen LogP) is 0.314. The highest BCUT2D eigenvalue weighted by atomic mass is 32.2. The molecule has 1 aromatic carbocycles. The number of fused-ring (bicyclic) bond motifs is 2. The van der Waals surface area contributed by atoms with Gasteiger partial charge < -0.3 is 11.5 Å². The maximum absolute atomic E-state index is 12.6. The monoisotopic (exact) mass is 350 g/mol. The van der Waals surface area contributed by atoms with E-state index in [9.17, 15) is 18.0 Å². The molecular formula is C16H18N2O5S. The molecule has 128 valence electrons. The zero-order chi connectivity index (χ0) is 17.8. The van der Waals surface area contributed by atoms with Crippen molar-refractivity contribution in [3.05, 3.63) is 42.5 Å². The number of amides is 2. The Bertz CT molecular complexity index is 835. The van der Waals surface area contributed by atoms with Crippen LogP contribution in [-0.2, 0) is 23.9 Å². The summed E-state index contributed by atoms with van der Waals surface area (Å²) in [5.74, 6) is -3.61. The van der Waals surface area contributed by atoms with E-state index in [1.165, 1.54) is 24.3 Å². The summed E-state index contributed by atoms with van der Waals surface area (Å²) < 4.78 is 30.6. The molecule has 0 aromatic heterocycles. The second kappa shape index (κ2) is 5.15. The van der Waals surface area contributed by atoms with Gasteiger partial charge in [-0.2, -0.15) is 8.42 Å². The van der Waals surface area contributed by atoms with Crippen LogP contribution >= 0.6 is 0 Å². The SMILES string of the molecule is CC12C=CC(C1)C(OS(=O)(=O)c1ccccc1)(C(N)=O)C2C(N)=O. The summed E-state index contributed by atoms with van der Waals surface area (Å²) in [5, 5.41) is 0. The quantitative estimate of drug-likeness (QED) is 0.583. The molecule has 4 N–H and O–H groups in total. The smallest absolute Gasteiger partial charge is 0.298 e. The number of carbonyl (C=O) groups excluding carboxylic acids is 2. The molecule has 8 heteroatoms. The zero-order valence-corrected chi connectivity index (χ0v) is 13.8. The molecule has 2 bridgehead atoms. The fourth-order valence-corrected chi connectivity index (χ4v) is 5.24. The van der Waals surface area contributed by atoms with E-state index in [1.54, 1.807) is 25.1 Å². The van der Waals surface area contributed by atoms with Gasteiger partial charge in [0.25, 0.3) is 16.0 Å². The lowest BCUT2D eigenvalue weighted by molar-refractivity contribution is -0.148. The van der Waals surface area contributed by atoms with Gasteiger partial charge in [-0.3, -0.25) is 9.59 Å². The van der Waals surface area contributed by atoms with Gasteiger partial charge in [0, 0.05) is 11.3 Å². The molecule has 1 fully saturated rings. The molecule has 1 aromatic rings. The van der Waals surface area contributed by atoms with Crippen LogP contribution in [0.3, 0.4) is 0 Å². The number of hydrogen-bond acceptors (Lipinski definition) is 5. The van der Waals surface area contributed by atoms with Gasteiger partial charge in [0.05, 0.1) is 10.8 Å². The van der Waals surface area contributed by atoms with Gasteiger partial charge in [-0.1, -0.05) is 37.3 Å². The molecule has 0 saturated heterocycles. The number of allylic oxidation sites excluding steroid dienone is 1. The van der Waals surface area contributed by atoms with Crippen molar-refractivity contribution in [1.29, 1.82) is 0 Å². The number of primary amides is 2. The topological polar surface area (TPSA) is 130 Å². The van der Waals surface area contributed by atoms with E-state index in [1.807, 2.05) is 0 Å². The zero-order valence-electron chi connectivity index (χ0n) is 13.0. The van der Waals surface area contributed by atoms with Crippen LogP contribution in [0.15, 0.2) is 47.4 Å². The first kappa shape index (κ1) is 16.7. The summed E-state index contributed by atoms with van der Waals surface area (Å²) in [6, 6.07) is 7.39. The summed E-state index contributed by atoms with van der Waals surface area (Å²) in [6.45, 7) is 1.74. The highest BCUT2D eigenvalue weighted by Crippen LogP contribution is 2.60. The van der Waals surface area contributed by atoms with Gasteiger partial charge in [0.1, 0.15) is 0 Å². The van der Waals surface area contributed by atoms with E-state index < -0.39 is 44.8 Å². The molecule has 2 amide bonds. The Morgan fingerprint density at radius 3 is 2.38 bits per heavy atom. The van der Waals surface area contributed by atoms with Crippen molar-refractivity contribution in [2.45, 2.75) is 23.8 Å². The first-order valence-electron chi connectivity index (χ1n) is 7.43. The fourth-order valence-electron chi connectivity index (χ4n) is 3.99. The van der Waals surface area contributed by atoms with Crippen LogP contribution in [0.2, 0.25) is 0 Å². The second-order valence-corrected chi connectivity index (χ2v) is 8.07. The van der Waals surface area contributed by atoms with Crippen molar-refractivity contribution in [1.82, 2.24) is 0 Å². The Morgan fingerprint density at radius 1 is 1.21 bits per heavy atom. The van der Waals surface area contributed by atoms with Gasteiger partial charge in [0.15, 0.2) is 5.60 Å². The number of carbonyl (C=O) groups is 2. The minimum atomic E-state index is -4.31. The van der Waals surface area contributed by atoms with Crippen LogP contribution in [-0.4, -0.2) is 25.8 Å². The predicted molar refractivity (Wildman–Crippen MR) is 84.7 cm³/mol. The molecule has 0 radical (unpaired) electrons. The number of rotatable bonds is 5. The fraction of sp³-hybridized carbons (Fsp3) is 0.375. The van der Waals surface area contributed by atoms with Gasteiger partial charge >= 0.3 is 0 Å². The number of benzene rings is 1. The molecule has 1 saturated carbocycles. The van der Waals surface area contributed by atoms with Crippen molar-refractivity contribution in [2.75, 3.05) is 0 Å². The molecule has 24 heavy (non-hydrogen) atoms. The number of hydrogen-bond donors (Lipinski definition) is 2. The van der Waals surface area contributed by atoms with Gasteiger partial charge in [0.2, 0.25) is 5.91 Å². The standard InChI is InChI=1S/C16H18N2O5S/c1-15-8-7-10(9-15)16(14(18)20,12(15)13(17)19)23-24(21,22)11-5-3-2-4-6-11/h2-8,10,12H,9H2,1H3,(H2,17,19)(H2,18,20). The molecule has 0 spiro atoms. The minimum absolute atomic E-state index is 0.120. The molecule has 0 heterocycles. The third kappa shape index (κ3) is 2.17. The van der Waals surface area contributed by atoms with Crippen LogP contribution in [0.25, 0.3) is 0 Å². The van der Waals surface area contributed by atoms with Crippen molar-refractivity contribution >= 4 is 21.9 Å². The van der Waals surface area contributed by atoms with Gasteiger partial charge in [-0.15, -0.1) is 0 Å². The molecular weight excluding hydrogens is 332 g/mol. The highest BCUT2D eigenvalue weighted by molar-refractivity contribution is 7.86. The van der Waals surface area contributed by atoms with E-state index in [-0.39, 0.29) is 4.90 Å². The average Bonchev–Trinajstić information content (AvgIpc) is 3.00. The Kier molecular flexibility index (Phi) is 3.58. The Hall–Kier alpha value is -2.19. The van der Waals surface area contributed by atoms with E-state index in [0.29, 0.717) is 6.42 Å². The second-order valence-electron chi connectivity index (χ2n) is 6.52. The molecule has 0 aliphatic heterocycles. The third-order valence-corrected chi connectivity index (χ3v) is 6.30. The van der Waals surface area contributed by atoms with Crippen LogP contribution in [0, 0.1) is 17.3 Å². The largest absolute Gasteiger partial charge is 0.369 e. The maximum Gasteiger partial charge on any atom is 0.298 e. The average molecular weight is 350 g/mol. The van der Waals surface area contributed by atoms with E-state index in [4.69, 9.17) is 15.7 Å². The lowest BCUT2D eigenvalue weighted by Crippen LogP contribution is -2.60. The van der Waals surface area contributed by atoms with Crippen LogP contribution < -0.4 is 11.5 Å². The summed E-state index contributed by atoms with van der Waals surface area (Å²) in [5.41, 5.74) is 8.23. The van der Waals surface area contributed by atoms with Gasteiger partial charge in [-0.25, -0.2) is 4.18 Å². The van der Waals surface area contributed by atoms with Crippen molar-refractivity contribution in [3.8, 4) is 0 Å². The van der Waals surface area contributed by atoms with Crippen LogP contribution in [0.1, 0.15) is 13.3 Å². The summed E-state index contributed by atoms with van der Waals surface area (Å²) in [4.78, 5) is 24.2. The van der Waals surface area contributed by atoms with Crippen LogP contribution in [0.4, 0.5) is 0 Å². The molecule has 2 aliphatic rings. The van der Waals surface area contributed by atoms with E-state index in [0.717, 1.165) is 0 Å². The van der Waals surface area contributed by atoms with E-state index >= 15 is 0 Å². The normalized spacial score (nSPS) is 34.4. The Balaban J connectivity index is 2.13. The number of nitrogens with two attached hydrogens (primary N) is 2. The van der Waals surface area contributed by atoms with Crippen molar-refractivity contribution < 1.29 is 22.2 Å². The summed E-state index contributed by atoms with van der Waals surface area (Å²) in [6.07, 6.45) is 3.81. The summed E-state index contributed by atoms with van der Waals surface area (Å²) >= 11 is 0. The maximum atomic E-state index is 12.6. The van der Waals surface area contributed by atoms with Crippen molar-refractivity contribution in [3.63, 3.8) is 0 Å². The Morgan fingerprint density at radius 2 is 1.83 bits per heavy atom. The first-order chi connectivity index (χ1) is 11.1. The first-order valence-corrected chi connectivity index (χ1v) is 8.83. The van der Waals surface area contributed by atoms with E-state index in [2.05, 4.69) is 0 Å². The lowest BCUT2D eigenvalue weighted by atomic mass is 9.71. The molecule has 7 nitrogen and oxygen atoms in total. The molecule has 2 aliphatic carbocycles. The molecule has 4 unspecified atom stereocenters. The Labute approximate surface area is 139 Å². The summed E-state index contributed by atoms with van der Waals surface area (Å²) in [7, 11) is -4.31. The van der Waals surface area contributed by atoms with Crippen molar-refractivity contribution in [2.24, 2.45) is 28.7 Å². The van der Waals surface area contributed by atoms with Crippen LogP contribution in [0.5, 0.6) is 0 Å². The van der Waals surface area contributed by atoms with Gasteiger partial charge in [-0.05, 0) is 18.6 Å². The minimum Gasteiger partial charge on any atom is -0.369 e. The molecule has 4 atom stereocenters. The third-order valence-electron chi connectivity index (χ3n) is 4.96. The lowest BCUT2D eigenvalue weighted by Gasteiger charge is -2.39. The molecule has 3 rings (SSSR count).